The molecule has 5 heteroatoms. The molecule has 1 aliphatic carbocycles. The molecule has 0 unspecified atom stereocenters. The van der Waals surface area contributed by atoms with Gasteiger partial charge in [0.25, 0.3) is 0 Å². The predicted octanol–water partition coefficient (Wildman–Crippen LogP) is 1.81. The van der Waals surface area contributed by atoms with E-state index in [0.717, 1.165) is 19.4 Å². The molecule has 74 valence electrons. The lowest BCUT2D eigenvalue weighted by Gasteiger charge is -2.09. The van der Waals surface area contributed by atoms with Crippen molar-refractivity contribution in [2.45, 2.75) is 25.8 Å². The van der Waals surface area contributed by atoms with Crippen LogP contribution in [0.5, 0.6) is 0 Å². The molecule has 1 heterocycles. The molecule has 0 aliphatic heterocycles. The first-order chi connectivity index (χ1) is 6.65. The van der Waals surface area contributed by atoms with E-state index < -0.39 is 0 Å². The molecule has 0 bridgehead atoms. The van der Waals surface area contributed by atoms with Gasteiger partial charge in [-0.05, 0) is 12.8 Å². The van der Waals surface area contributed by atoms with Gasteiger partial charge >= 0.3 is 0 Å². The molecule has 1 aromatic heterocycles. The molecule has 2 rings (SSSR count). The lowest BCUT2D eigenvalue weighted by Crippen LogP contribution is -2.11. The number of nitriles is 1. The van der Waals surface area contributed by atoms with Gasteiger partial charge in [-0.3, -0.25) is 4.68 Å². The van der Waals surface area contributed by atoms with Gasteiger partial charge in [0.1, 0.15) is 5.02 Å². The van der Waals surface area contributed by atoms with Crippen LogP contribution in [0.3, 0.4) is 0 Å². The topological polar surface area (TPSA) is 67.6 Å². The van der Waals surface area contributed by atoms with Crippen LogP contribution in [0, 0.1) is 16.7 Å². The summed E-state index contributed by atoms with van der Waals surface area (Å²) in [5.41, 5.74) is 5.66. The fraction of sp³-hybridized carbons (Fsp3) is 0.556. The summed E-state index contributed by atoms with van der Waals surface area (Å²) in [5, 5.41) is 13.2. The van der Waals surface area contributed by atoms with Crippen LogP contribution in [-0.4, -0.2) is 9.78 Å². The van der Waals surface area contributed by atoms with Crippen LogP contribution < -0.4 is 5.73 Å². The van der Waals surface area contributed by atoms with Crippen molar-refractivity contribution in [2.75, 3.05) is 5.73 Å². The zero-order chi connectivity index (χ0) is 10.2. The van der Waals surface area contributed by atoms with E-state index in [2.05, 4.69) is 11.2 Å². The first-order valence-electron chi connectivity index (χ1n) is 4.51. The van der Waals surface area contributed by atoms with Gasteiger partial charge in [-0.15, -0.1) is 0 Å². The Morgan fingerprint density at radius 2 is 2.43 bits per heavy atom. The Balaban J connectivity index is 2.08. The number of hydrogen-bond acceptors (Lipinski definition) is 3. The van der Waals surface area contributed by atoms with Crippen molar-refractivity contribution in [3.05, 3.63) is 11.2 Å². The lowest BCUT2D eigenvalue weighted by atomic mass is 10.0. The van der Waals surface area contributed by atoms with Crippen molar-refractivity contribution in [1.82, 2.24) is 9.78 Å². The highest BCUT2D eigenvalue weighted by Gasteiger charge is 2.43. The highest BCUT2D eigenvalue weighted by molar-refractivity contribution is 6.32. The van der Waals surface area contributed by atoms with E-state index in [-0.39, 0.29) is 5.41 Å². The maximum atomic E-state index is 8.65. The highest BCUT2D eigenvalue weighted by atomic mass is 35.5. The monoisotopic (exact) mass is 210 g/mol. The summed E-state index contributed by atoms with van der Waals surface area (Å²) < 4.78 is 1.74. The lowest BCUT2D eigenvalue weighted by molar-refractivity contribution is 0.405. The Hall–Kier alpha value is -1.21. The zero-order valence-electron chi connectivity index (χ0n) is 7.70. The molecule has 1 saturated carbocycles. The van der Waals surface area contributed by atoms with E-state index >= 15 is 0 Å². The third-order valence-electron chi connectivity index (χ3n) is 2.65. The number of anilines is 1. The Morgan fingerprint density at radius 1 is 1.71 bits per heavy atom. The van der Waals surface area contributed by atoms with Crippen LogP contribution >= 0.6 is 11.6 Å². The van der Waals surface area contributed by atoms with Gasteiger partial charge in [0.2, 0.25) is 0 Å². The van der Waals surface area contributed by atoms with E-state index in [1.807, 2.05) is 0 Å². The molecule has 0 amide bonds. The number of hydrogen-bond donors (Lipinski definition) is 1. The van der Waals surface area contributed by atoms with Gasteiger partial charge in [0, 0.05) is 24.6 Å². The predicted molar refractivity (Wildman–Crippen MR) is 53.5 cm³/mol. The summed E-state index contributed by atoms with van der Waals surface area (Å²) >= 11 is 5.78. The summed E-state index contributed by atoms with van der Waals surface area (Å²) in [7, 11) is 0. The first-order valence-corrected chi connectivity index (χ1v) is 4.88. The van der Waals surface area contributed by atoms with Crippen LogP contribution in [0.1, 0.15) is 19.3 Å². The first kappa shape index (κ1) is 9.35. The van der Waals surface area contributed by atoms with Crippen LogP contribution in [-0.2, 0) is 6.54 Å². The fourth-order valence-electron chi connectivity index (χ4n) is 1.57. The summed E-state index contributed by atoms with van der Waals surface area (Å²) in [6.07, 6.45) is 4.49. The molecule has 1 aliphatic rings. The highest BCUT2D eigenvalue weighted by Crippen LogP contribution is 2.49. The number of nitrogen functional groups attached to an aromatic ring is 1. The molecule has 0 radical (unpaired) electrons. The van der Waals surface area contributed by atoms with Crippen molar-refractivity contribution in [3.8, 4) is 6.07 Å². The normalized spacial score (nSPS) is 17.7. The van der Waals surface area contributed by atoms with Crippen LogP contribution in [0.25, 0.3) is 0 Å². The van der Waals surface area contributed by atoms with Gasteiger partial charge in [0.15, 0.2) is 5.82 Å². The summed E-state index contributed by atoms with van der Waals surface area (Å²) in [6, 6.07) is 2.21. The van der Waals surface area contributed by atoms with Crippen LogP contribution in [0.15, 0.2) is 6.20 Å². The molecule has 0 saturated heterocycles. The minimum atomic E-state index is 0.135. The summed E-state index contributed by atoms with van der Waals surface area (Å²) in [4.78, 5) is 0. The average molecular weight is 211 g/mol. The smallest absolute Gasteiger partial charge is 0.164 e. The van der Waals surface area contributed by atoms with Crippen LogP contribution in [0.4, 0.5) is 5.82 Å². The maximum Gasteiger partial charge on any atom is 0.164 e. The Labute approximate surface area is 87.3 Å². The molecule has 1 aromatic rings. The fourth-order valence-corrected chi connectivity index (χ4v) is 1.72. The molecule has 0 aromatic carbocycles. The van der Waals surface area contributed by atoms with Gasteiger partial charge in [-0.25, -0.2) is 0 Å². The zero-order valence-corrected chi connectivity index (χ0v) is 8.46. The van der Waals surface area contributed by atoms with E-state index in [0.29, 0.717) is 17.3 Å². The van der Waals surface area contributed by atoms with Gasteiger partial charge in [-0.1, -0.05) is 11.6 Å². The standard InChI is InChI=1S/C9H11ClN4/c10-7-5-14(13-8(7)12)6-9(1-2-9)3-4-11/h5H,1-3,6H2,(H2,12,13). The van der Waals surface area contributed by atoms with E-state index in [4.69, 9.17) is 22.6 Å². The van der Waals surface area contributed by atoms with Gasteiger partial charge in [0.05, 0.1) is 6.07 Å². The molecule has 1 fully saturated rings. The molecule has 0 atom stereocenters. The second kappa shape index (κ2) is 3.18. The Morgan fingerprint density at radius 3 is 2.86 bits per heavy atom. The summed E-state index contributed by atoms with van der Waals surface area (Å²) in [5.74, 6) is 0.361. The quantitative estimate of drug-likeness (QED) is 0.828. The second-order valence-electron chi connectivity index (χ2n) is 3.89. The van der Waals surface area contributed by atoms with E-state index in [1.165, 1.54) is 0 Å². The number of halogens is 1. The number of rotatable bonds is 3. The molecule has 14 heavy (non-hydrogen) atoms. The minimum absolute atomic E-state index is 0.135. The maximum absolute atomic E-state index is 8.65. The van der Waals surface area contributed by atoms with Gasteiger partial charge in [-0.2, -0.15) is 10.4 Å². The van der Waals surface area contributed by atoms with E-state index in [9.17, 15) is 0 Å². The number of aromatic nitrogens is 2. The Bertz CT molecular complexity index is 367. The third-order valence-corrected chi connectivity index (χ3v) is 2.94. The molecule has 4 nitrogen and oxygen atoms in total. The van der Waals surface area contributed by atoms with Crippen LogP contribution in [0.2, 0.25) is 5.02 Å². The molecular formula is C9H11ClN4. The van der Waals surface area contributed by atoms with Crippen molar-refractivity contribution >= 4 is 17.4 Å². The molecular weight excluding hydrogens is 200 g/mol. The summed E-state index contributed by atoms with van der Waals surface area (Å²) in [6.45, 7) is 0.748. The molecule has 2 N–H and O–H groups in total. The number of nitrogens with two attached hydrogens (primary N) is 1. The minimum Gasteiger partial charge on any atom is -0.381 e. The van der Waals surface area contributed by atoms with Crippen molar-refractivity contribution < 1.29 is 0 Å². The number of nitrogens with zero attached hydrogens (tertiary/aromatic N) is 3. The molecule has 0 spiro atoms. The van der Waals surface area contributed by atoms with Crippen molar-refractivity contribution in [1.29, 1.82) is 5.26 Å². The van der Waals surface area contributed by atoms with Crippen molar-refractivity contribution in [2.24, 2.45) is 5.41 Å². The van der Waals surface area contributed by atoms with Crippen molar-refractivity contribution in [3.63, 3.8) is 0 Å². The average Bonchev–Trinajstić information content (AvgIpc) is 2.77. The second-order valence-corrected chi connectivity index (χ2v) is 4.30. The Kier molecular flexibility index (Phi) is 2.12. The third kappa shape index (κ3) is 1.68. The van der Waals surface area contributed by atoms with Gasteiger partial charge < -0.3 is 5.73 Å². The largest absolute Gasteiger partial charge is 0.381 e. The SMILES string of the molecule is N#CCC1(Cn2cc(Cl)c(N)n2)CC1. The van der Waals surface area contributed by atoms with E-state index in [1.54, 1.807) is 10.9 Å².